The van der Waals surface area contributed by atoms with Crippen molar-refractivity contribution >= 4 is 13.8 Å². The number of ether oxygens (including phenoxy) is 2. The molecule has 55 heavy (non-hydrogen) atoms. The van der Waals surface area contributed by atoms with Crippen molar-refractivity contribution in [2.24, 2.45) is 0 Å². The van der Waals surface area contributed by atoms with Crippen molar-refractivity contribution in [2.75, 3.05) is 33.0 Å². The van der Waals surface area contributed by atoms with Gasteiger partial charge in [0.15, 0.2) is 0 Å². The third-order valence-corrected chi connectivity index (χ3v) is 9.58. The van der Waals surface area contributed by atoms with Gasteiger partial charge in [0.25, 0.3) is 0 Å². The van der Waals surface area contributed by atoms with E-state index in [1.807, 2.05) is 0 Å². The Morgan fingerprint density at radius 2 is 1.04 bits per heavy atom. The predicted octanol–water partition coefficient (Wildman–Crippen LogP) is 11.8. The number of aliphatic hydroxyl groups is 2. The molecule has 0 rings (SSSR count). The van der Waals surface area contributed by atoms with Gasteiger partial charge in [-0.15, -0.1) is 0 Å². The van der Waals surface area contributed by atoms with E-state index in [1.54, 1.807) is 0 Å². The van der Waals surface area contributed by atoms with Crippen LogP contribution in [0.15, 0.2) is 72.9 Å². The minimum Gasteiger partial charge on any atom is -0.457 e. The first-order chi connectivity index (χ1) is 26.8. The largest absolute Gasteiger partial charge is 0.472 e. The smallest absolute Gasteiger partial charge is 0.457 e. The number of carbonyl (C=O) groups is 1. The fraction of sp³-hybridized carbons (Fsp3) is 0.711. The van der Waals surface area contributed by atoms with Crippen LogP contribution in [0, 0.1) is 0 Å². The normalized spacial score (nSPS) is 14.8. The summed E-state index contributed by atoms with van der Waals surface area (Å²) in [6, 6.07) is 0. The second kappa shape index (κ2) is 41.5. The highest BCUT2D eigenvalue weighted by molar-refractivity contribution is 7.47. The lowest BCUT2D eigenvalue weighted by Gasteiger charge is -2.20. The van der Waals surface area contributed by atoms with Crippen LogP contribution in [0.1, 0.15) is 162 Å². The fourth-order valence-corrected chi connectivity index (χ4v) is 6.15. The van der Waals surface area contributed by atoms with E-state index < -0.39 is 45.8 Å². The van der Waals surface area contributed by atoms with Crippen LogP contribution in [0.4, 0.5) is 0 Å². The molecule has 0 fully saturated rings. The maximum Gasteiger partial charge on any atom is 0.472 e. The molecule has 318 valence electrons. The maximum absolute atomic E-state index is 12.6. The molecular formula is C45H79O9P. The highest BCUT2D eigenvalue weighted by atomic mass is 31.2. The van der Waals surface area contributed by atoms with Gasteiger partial charge in [-0.05, 0) is 77.0 Å². The minimum absolute atomic E-state index is 0.0322. The summed E-state index contributed by atoms with van der Waals surface area (Å²) in [4.78, 5) is 22.6. The van der Waals surface area contributed by atoms with Crippen LogP contribution in [0.5, 0.6) is 0 Å². The predicted molar refractivity (Wildman–Crippen MR) is 228 cm³/mol. The molecule has 3 N–H and O–H groups in total. The zero-order valence-electron chi connectivity index (χ0n) is 34.6. The lowest BCUT2D eigenvalue weighted by molar-refractivity contribution is -0.154. The maximum atomic E-state index is 12.6. The molecule has 0 bridgehead atoms. The van der Waals surface area contributed by atoms with E-state index in [4.69, 9.17) is 23.6 Å². The third-order valence-electron chi connectivity index (χ3n) is 8.63. The molecule has 0 aliphatic heterocycles. The first-order valence-corrected chi connectivity index (χ1v) is 22.9. The lowest BCUT2D eigenvalue weighted by atomic mass is 10.1. The summed E-state index contributed by atoms with van der Waals surface area (Å²) in [7, 11) is -4.53. The van der Waals surface area contributed by atoms with Gasteiger partial charge >= 0.3 is 13.8 Å². The van der Waals surface area contributed by atoms with E-state index in [1.165, 1.54) is 38.5 Å². The zero-order chi connectivity index (χ0) is 40.3. The van der Waals surface area contributed by atoms with Gasteiger partial charge in [-0.3, -0.25) is 13.8 Å². The molecule has 0 heterocycles. The van der Waals surface area contributed by atoms with Gasteiger partial charge in [0.2, 0.25) is 0 Å². The second-order valence-corrected chi connectivity index (χ2v) is 15.4. The van der Waals surface area contributed by atoms with Gasteiger partial charge < -0.3 is 24.6 Å². The highest BCUT2D eigenvalue weighted by Gasteiger charge is 2.26. The van der Waals surface area contributed by atoms with E-state index in [0.717, 1.165) is 96.3 Å². The van der Waals surface area contributed by atoms with Crippen LogP contribution < -0.4 is 0 Å². The lowest BCUT2D eigenvalue weighted by Crippen LogP contribution is -2.29. The van der Waals surface area contributed by atoms with Gasteiger partial charge in [0.05, 0.1) is 26.4 Å². The minimum atomic E-state index is -4.53. The van der Waals surface area contributed by atoms with E-state index in [0.29, 0.717) is 13.0 Å². The van der Waals surface area contributed by atoms with Crippen LogP contribution in [-0.2, 0) is 27.9 Å². The average molecular weight is 795 g/mol. The third kappa shape index (κ3) is 41.4. The van der Waals surface area contributed by atoms with Crippen LogP contribution in [0.3, 0.4) is 0 Å². The van der Waals surface area contributed by atoms with Crippen LogP contribution in [0.2, 0.25) is 0 Å². The zero-order valence-corrected chi connectivity index (χ0v) is 35.5. The highest BCUT2D eigenvalue weighted by Crippen LogP contribution is 2.43. The second-order valence-electron chi connectivity index (χ2n) is 14.0. The monoisotopic (exact) mass is 795 g/mol. The van der Waals surface area contributed by atoms with E-state index in [9.17, 15) is 19.4 Å². The molecule has 0 aromatic rings. The summed E-state index contributed by atoms with van der Waals surface area (Å²) in [6.45, 7) is 3.30. The van der Waals surface area contributed by atoms with Crippen molar-refractivity contribution in [3.63, 3.8) is 0 Å². The number of unbranched alkanes of at least 4 members (excludes halogenated alkanes) is 14. The van der Waals surface area contributed by atoms with Crippen LogP contribution in [0.25, 0.3) is 0 Å². The number of aliphatic hydroxyl groups excluding tert-OH is 2. The van der Waals surface area contributed by atoms with Gasteiger partial charge in [0.1, 0.15) is 12.2 Å². The van der Waals surface area contributed by atoms with Crippen molar-refractivity contribution < 1.29 is 43.0 Å². The summed E-state index contributed by atoms with van der Waals surface area (Å²) in [5, 5.41) is 18.3. The van der Waals surface area contributed by atoms with E-state index in [2.05, 4.69) is 86.8 Å². The van der Waals surface area contributed by atoms with Gasteiger partial charge in [-0.25, -0.2) is 4.57 Å². The molecular weight excluding hydrogens is 715 g/mol. The first-order valence-electron chi connectivity index (χ1n) is 21.4. The number of carbonyl (C=O) groups excluding carboxylic acids is 1. The van der Waals surface area contributed by atoms with Gasteiger partial charge in [-0.1, -0.05) is 151 Å². The first kappa shape index (κ1) is 52.9. The van der Waals surface area contributed by atoms with Crippen molar-refractivity contribution in [3.8, 4) is 0 Å². The van der Waals surface area contributed by atoms with Gasteiger partial charge in [0, 0.05) is 13.0 Å². The van der Waals surface area contributed by atoms with E-state index in [-0.39, 0.29) is 13.0 Å². The van der Waals surface area contributed by atoms with E-state index >= 15 is 0 Å². The number of hydrogen-bond acceptors (Lipinski definition) is 8. The van der Waals surface area contributed by atoms with Crippen LogP contribution in [-0.4, -0.2) is 66.3 Å². The Morgan fingerprint density at radius 3 is 1.56 bits per heavy atom. The number of hydrogen-bond donors (Lipinski definition) is 3. The molecule has 0 aliphatic carbocycles. The number of phosphoric ester groups is 1. The summed E-state index contributed by atoms with van der Waals surface area (Å²) in [5.74, 6) is -0.404. The Balaban J connectivity index is 4.24. The fourth-order valence-electron chi connectivity index (χ4n) is 5.36. The summed E-state index contributed by atoms with van der Waals surface area (Å²) in [6.07, 6.45) is 48.5. The topological polar surface area (TPSA) is 132 Å². The average Bonchev–Trinajstić information content (AvgIpc) is 3.18. The Morgan fingerprint density at radius 1 is 0.582 bits per heavy atom. The quantitative estimate of drug-likeness (QED) is 0.0240. The van der Waals surface area contributed by atoms with Crippen molar-refractivity contribution in [1.29, 1.82) is 0 Å². The molecule has 0 radical (unpaired) electrons. The molecule has 10 heteroatoms. The molecule has 9 nitrogen and oxygen atoms in total. The number of phosphoric acid groups is 1. The van der Waals surface area contributed by atoms with Crippen molar-refractivity contribution in [2.45, 2.75) is 174 Å². The molecule has 0 aliphatic rings. The summed E-state index contributed by atoms with van der Waals surface area (Å²) < 4.78 is 33.3. The Kier molecular flexibility index (Phi) is 39.9. The Bertz CT molecular complexity index is 1080. The van der Waals surface area contributed by atoms with Crippen LogP contribution >= 0.6 is 7.82 Å². The molecule has 3 atom stereocenters. The molecule has 0 saturated heterocycles. The molecule has 0 amide bonds. The molecule has 3 unspecified atom stereocenters. The van der Waals surface area contributed by atoms with Gasteiger partial charge in [-0.2, -0.15) is 0 Å². The Labute approximate surface area is 335 Å². The molecule has 0 aromatic carbocycles. The number of allylic oxidation sites excluding steroid dienone is 12. The van der Waals surface area contributed by atoms with Crippen molar-refractivity contribution in [1.82, 2.24) is 0 Å². The number of esters is 1. The molecule has 0 saturated carbocycles. The SMILES string of the molecule is CC/C=C\C/C=C\C/C=C\C/C=C\CCCCCCCCC(=O)OC(COCCCCCCCC/C=C\C/C=C\CCCC)COP(=O)(O)OCC(O)CO. The molecule has 0 spiro atoms. The summed E-state index contributed by atoms with van der Waals surface area (Å²) >= 11 is 0. The standard InChI is InChI=1S/C45H79O9P/c1-3-5-7-9-11-13-15-17-19-20-21-22-23-25-27-29-31-33-35-37-45(48)54-44(42-53-55(49,50)52-40-43(47)39-46)41-51-38-36-34-32-30-28-26-24-18-16-14-12-10-8-6-4-2/h5,7,10-13,16-19,21-22,43-44,46-47H,3-4,6,8-9,14-15,20,23-42H2,1-2H3,(H,49,50)/b7-5-,12-10-,13-11-,18-16-,19-17-,22-21-. The molecule has 0 aromatic heterocycles. The number of rotatable bonds is 40. The van der Waals surface area contributed by atoms with Crippen molar-refractivity contribution in [3.05, 3.63) is 72.9 Å². The Hall–Kier alpha value is -2.10. The summed E-state index contributed by atoms with van der Waals surface area (Å²) in [5.41, 5.74) is 0.